The lowest BCUT2D eigenvalue weighted by molar-refractivity contribution is 0.170. The first kappa shape index (κ1) is 25.1. The Kier molecular flexibility index (Phi) is 7.86. The van der Waals surface area contributed by atoms with Crippen molar-refractivity contribution in [1.82, 2.24) is 20.2 Å². The van der Waals surface area contributed by atoms with E-state index < -0.39 is 0 Å². The van der Waals surface area contributed by atoms with E-state index in [1.165, 1.54) is 0 Å². The van der Waals surface area contributed by atoms with Gasteiger partial charge in [0.25, 0.3) is 0 Å². The zero-order valence-corrected chi connectivity index (χ0v) is 21.6. The zero-order valence-electron chi connectivity index (χ0n) is 20.0. The van der Waals surface area contributed by atoms with Gasteiger partial charge >= 0.3 is 0 Å². The maximum absolute atomic E-state index is 6.62. The minimum atomic E-state index is 0. The number of aromatic nitrogens is 2. The molecule has 1 fully saturated rings. The van der Waals surface area contributed by atoms with Crippen LogP contribution in [0.3, 0.4) is 0 Å². The van der Waals surface area contributed by atoms with Gasteiger partial charge in [-0.15, -0.1) is 12.4 Å². The highest BCUT2D eigenvalue weighted by molar-refractivity contribution is 6.32. The molecule has 5 heterocycles. The average molecular weight is 533 g/mol. The van der Waals surface area contributed by atoms with Crippen molar-refractivity contribution in [3.05, 3.63) is 46.9 Å². The maximum atomic E-state index is 6.62. The van der Waals surface area contributed by atoms with E-state index in [0.29, 0.717) is 37.5 Å². The molecule has 192 valence electrons. The number of hydrogen-bond acceptors (Lipinski definition) is 8. The zero-order chi connectivity index (χ0) is 23.6. The van der Waals surface area contributed by atoms with Gasteiger partial charge in [-0.3, -0.25) is 9.97 Å². The topological polar surface area (TPSA) is 78.0 Å². The van der Waals surface area contributed by atoms with Crippen LogP contribution in [0.2, 0.25) is 5.02 Å². The third-order valence-corrected chi connectivity index (χ3v) is 7.24. The second-order valence-electron chi connectivity index (χ2n) is 9.13. The fourth-order valence-electron chi connectivity index (χ4n) is 5.04. The highest BCUT2D eigenvalue weighted by Crippen LogP contribution is 2.40. The van der Waals surface area contributed by atoms with Gasteiger partial charge in [0.05, 0.1) is 27.8 Å². The molecule has 0 amide bonds. The van der Waals surface area contributed by atoms with Crippen molar-refractivity contribution < 1.29 is 18.9 Å². The third kappa shape index (κ3) is 5.27. The molecular formula is C26H30Cl2N4O4. The van der Waals surface area contributed by atoms with Crippen LogP contribution in [0.15, 0.2) is 30.6 Å². The number of nitrogens with one attached hydrogen (secondary N) is 1. The SMILES string of the molecule is Cl.Clc1cnc2ccc3c(c2c1CCN1CCC(NCc2cc4c(cn2)OCCO4)CC1)OCCO3. The normalized spacial score (nSPS) is 17.6. The number of nitrogens with zero attached hydrogens (tertiary/aromatic N) is 3. The van der Waals surface area contributed by atoms with Gasteiger partial charge in [0.2, 0.25) is 0 Å². The summed E-state index contributed by atoms with van der Waals surface area (Å²) in [5.41, 5.74) is 2.96. The molecular weight excluding hydrogens is 503 g/mol. The minimum Gasteiger partial charge on any atom is -0.486 e. The number of hydrogen-bond donors (Lipinski definition) is 1. The van der Waals surface area contributed by atoms with E-state index in [9.17, 15) is 0 Å². The second kappa shape index (κ2) is 11.3. The Bertz CT molecular complexity index is 1220. The fourth-order valence-corrected chi connectivity index (χ4v) is 5.28. The molecule has 1 saturated heterocycles. The van der Waals surface area contributed by atoms with Crippen molar-refractivity contribution >= 4 is 34.9 Å². The molecule has 0 aliphatic carbocycles. The number of halogens is 2. The Morgan fingerprint density at radius 3 is 2.50 bits per heavy atom. The lowest BCUT2D eigenvalue weighted by atomic mass is 10.0. The number of piperidine rings is 1. The minimum absolute atomic E-state index is 0. The average Bonchev–Trinajstić information content (AvgIpc) is 2.91. The van der Waals surface area contributed by atoms with Crippen LogP contribution < -0.4 is 24.3 Å². The van der Waals surface area contributed by atoms with Crippen molar-refractivity contribution in [2.45, 2.75) is 31.8 Å². The number of ether oxygens (including phenoxy) is 4. The molecule has 8 nitrogen and oxygen atoms in total. The fraction of sp³-hybridized carbons (Fsp3) is 0.462. The van der Waals surface area contributed by atoms with Crippen LogP contribution in [0.4, 0.5) is 0 Å². The van der Waals surface area contributed by atoms with E-state index in [2.05, 4.69) is 20.2 Å². The summed E-state index contributed by atoms with van der Waals surface area (Å²) in [4.78, 5) is 11.5. The number of fused-ring (bicyclic) bond motifs is 4. The van der Waals surface area contributed by atoms with E-state index in [1.807, 2.05) is 18.2 Å². The van der Waals surface area contributed by atoms with Crippen LogP contribution in [-0.4, -0.2) is 67.0 Å². The summed E-state index contributed by atoms with van der Waals surface area (Å²) in [6, 6.07) is 6.37. The first-order valence-corrected chi connectivity index (χ1v) is 12.7. The lowest BCUT2D eigenvalue weighted by Gasteiger charge is -2.32. The van der Waals surface area contributed by atoms with Gasteiger partial charge in [-0.25, -0.2) is 0 Å². The molecule has 10 heteroatoms. The van der Waals surface area contributed by atoms with E-state index >= 15 is 0 Å². The summed E-state index contributed by atoms with van der Waals surface area (Å²) in [5.74, 6) is 3.07. The number of benzene rings is 1. The molecule has 0 unspecified atom stereocenters. The third-order valence-electron chi connectivity index (χ3n) is 6.92. The Morgan fingerprint density at radius 2 is 1.67 bits per heavy atom. The van der Waals surface area contributed by atoms with E-state index in [-0.39, 0.29) is 12.4 Å². The van der Waals surface area contributed by atoms with Crippen LogP contribution in [0, 0.1) is 0 Å². The van der Waals surface area contributed by atoms with Crippen LogP contribution in [0.5, 0.6) is 23.0 Å². The van der Waals surface area contributed by atoms with Gasteiger partial charge in [-0.2, -0.15) is 0 Å². The summed E-state index contributed by atoms with van der Waals surface area (Å²) >= 11 is 6.62. The summed E-state index contributed by atoms with van der Waals surface area (Å²) in [6.45, 7) is 6.04. The predicted octanol–water partition coefficient (Wildman–Crippen LogP) is 4.04. The van der Waals surface area contributed by atoms with Crippen LogP contribution in [-0.2, 0) is 13.0 Å². The van der Waals surface area contributed by atoms with Gasteiger partial charge in [0, 0.05) is 31.4 Å². The molecule has 0 bridgehead atoms. The molecule has 0 radical (unpaired) electrons. The van der Waals surface area contributed by atoms with Crippen molar-refractivity contribution in [1.29, 1.82) is 0 Å². The standard InChI is InChI=1S/C26H29ClN4O4.ClH/c27-20-15-30-21-1-2-22-26(35-12-11-32-22)25(21)19(20)5-8-31-6-3-17(4-7-31)28-14-18-13-23-24(16-29-18)34-10-9-33-23;/h1-2,13,15-17,28H,3-12,14H2;1H. The van der Waals surface area contributed by atoms with E-state index in [4.69, 9.17) is 30.5 Å². The monoisotopic (exact) mass is 532 g/mol. The van der Waals surface area contributed by atoms with Gasteiger partial charge in [0.15, 0.2) is 23.0 Å². The lowest BCUT2D eigenvalue weighted by Crippen LogP contribution is -2.43. The summed E-state index contributed by atoms with van der Waals surface area (Å²) in [5, 5.41) is 5.33. The Hall–Kier alpha value is -2.52. The van der Waals surface area contributed by atoms with Gasteiger partial charge < -0.3 is 29.2 Å². The first-order valence-electron chi connectivity index (χ1n) is 12.3. The number of pyridine rings is 2. The summed E-state index contributed by atoms with van der Waals surface area (Å²) < 4.78 is 23.0. The Balaban J connectivity index is 0.00000267. The van der Waals surface area contributed by atoms with E-state index in [1.54, 1.807) is 12.4 Å². The van der Waals surface area contributed by atoms with Gasteiger partial charge in [-0.05, 0) is 50.0 Å². The summed E-state index contributed by atoms with van der Waals surface area (Å²) in [7, 11) is 0. The van der Waals surface area contributed by atoms with Crippen LogP contribution in [0.1, 0.15) is 24.1 Å². The highest BCUT2D eigenvalue weighted by Gasteiger charge is 2.23. The van der Waals surface area contributed by atoms with Crippen molar-refractivity contribution in [2.24, 2.45) is 0 Å². The molecule has 1 N–H and O–H groups in total. The molecule has 0 spiro atoms. The molecule has 6 rings (SSSR count). The van der Waals surface area contributed by atoms with E-state index in [0.717, 1.165) is 90.6 Å². The Labute approximate surface area is 221 Å². The molecule has 0 atom stereocenters. The van der Waals surface area contributed by atoms with Crippen molar-refractivity contribution in [3.63, 3.8) is 0 Å². The quantitative estimate of drug-likeness (QED) is 0.509. The van der Waals surface area contributed by atoms with Crippen LogP contribution >= 0.6 is 24.0 Å². The Morgan fingerprint density at radius 1 is 0.917 bits per heavy atom. The predicted molar refractivity (Wildman–Crippen MR) is 140 cm³/mol. The molecule has 3 aliphatic rings. The molecule has 36 heavy (non-hydrogen) atoms. The van der Waals surface area contributed by atoms with Gasteiger partial charge in [0.1, 0.15) is 26.4 Å². The molecule has 3 aliphatic heterocycles. The molecule has 2 aromatic heterocycles. The number of likely N-dealkylation sites (tertiary alicyclic amines) is 1. The van der Waals surface area contributed by atoms with Crippen molar-refractivity contribution in [3.8, 4) is 23.0 Å². The first-order chi connectivity index (χ1) is 17.2. The van der Waals surface area contributed by atoms with Gasteiger partial charge in [-0.1, -0.05) is 11.6 Å². The summed E-state index contributed by atoms with van der Waals surface area (Å²) in [6.07, 6.45) is 6.55. The van der Waals surface area contributed by atoms with Crippen LogP contribution in [0.25, 0.3) is 10.9 Å². The molecule has 1 aromatic carbocycles. The second-order valence-corrected chi connectivity index (χ2v) is 9.54. The molecule has 3 aromatic rings. The maximum Gasteiger partial charge on any atom is 0.179 e. The highest BCUT2D eigenvalue weighted by atomic mass is 35.5. The molecule has 0 saturated carbocycles. The van der Waals surface area contributed by atoms with Crippen molar-refractivity contribution in [2.75, 3.05) is 46.1 Å². The largest absolute Gasteiger partial charge is 0.486 e. The number of rotatable bonds is 6. The smallest absolute Gasteiger partial charge is 0.179 e.